The lowest BCUT2D eigenvalue weighted by atomic mass is 9.75. The van der Waals surface area contributed by atoms with Crippen molar-refractivity contribution in [3.63, 3.8) is 0 Å². The molecule has 6 unspecified atom stereocenters. The number of fused-ring (bicyclic) bond motifs is 1. The summed E-state index contributed by atoms with van der Waals surface area (Å²) in [5, 5.41) is 0. The summed E-state index contributed by atoms with van der Waals surface area (Å²) in [5.41, 5.74) is -0.307. The second kappa shape index (κ2) is 25.0. The van der Waals surface area contributed by atoms with Gasteiger partial charge in [0.25, 0.3) is 0 Å². The highest BCUT2D eigenvalue weighted by molar-refractivity contribution is 5.69. The maximum Gasteiger partial charge on any atom is 0.305 e. The van der Waals surface area contributed by atoms with Gasteiger partial charge in [-0.25, -0.2) is 0 Å². The van der Waals surface area contributed by atoms with Crippen LogP contribution in [-0.2, 0) is 33.3 Å². The van der Waals surface area contributed by atoms with Crippen LogP contribution < -0.4 is 0 Å². The Morgan fingerprint density at radius 2 is 0.863 bits per heavy atom. The van der Waals surface area contributed by atoms with Crippen molar-refractivity contribution in [2.75, 3.05) is 13.2 Å². The average molecular weight is 719 g/mol. The van der Waals surface area contributed by atoms with Crippen molar-refractivity contribution in [2.24, 2.45) is 5.41 Å². The lowest BCUT2D eigenvalue weighted by molar-refractivity contribution is -0.155. The predicted molar refractivity (Wildman–Crippen MR) is 205 cm³/mol. The van der Waals surface area contributed by atoms with E-state index in [0.717, 1.165) is 57.8 Å². The maximum atomic E-state index is 12.6. The molecule has 0 N–H and O–H groups in total. The number of carbonyl (C=O) groups excluding carboxylic acids is 2. The van der Waals surface area contributed by atoms with E-state index in [-0.39, 0.29) is 23.5 Å². The van der Waals surface area contributed by atoms with Crippen LogP contribution in [0.2, 0.25) is 0 Å². The van der Waals surface area contributed by atoms with Gasteiger partial charge in [0.05, 0.1) is 36.6 Å². The fourth-order valence-corrected chi connectivity index (χ4v) is 8.42. The molecule has 3 aliphatic heterocycles. The highest BCUT2D eigenvalue weighted by atomic mass is 16.6. The molecule has 3 saturated heterocycles. The number of carbonyl (C=O) groups is 2. The zero-order valence-corrected chi connectivity index (χ0v) is 33.2. The highest BCUT2D eigenvalue weighted by Gasteiger charge is 2.51. The van der Waals surface area contributed by atoms with E-state index in [1.54, 1.807) is 0 Å². The maximum absolute atomic E-state index is 12.6. The Bertz CT molecular complexity index is 878. The number of hydrogen-bond donors (Lipinski definition) is 0. The van der Waals surface area contributed by atoms with Gasteiger partial charge in [-0.05, 0) is 57.8 Å². The van der Waals surface area contributed by atoms with E-state index >= 15 is 0 Å². The smallest absolute Gasteiger partial charge is 0.305 e. The molecule has 1 saturated carbocycles. The van der Waals surface area contributed by atoms with Gasteiger partial charge in [0.2, 0.25) is 0 Å². The first-order chi connectivity index (χ1) is 25.0. The minimum atomic E-state index is -0.307. The standard InChI is InChI=1S/C44H78O7/c1-3-5-7-9-13-19-25-36-38(49-36)27-21-15-11-17-23-29-42(45)47-34-44(32-31-40-41(33-44)51-40)35-48-43(46)30-24-18-12-16-22-28-39-37(50-39)26-20-14-10-8-6-4-2/h36-41H,3-35H2,1-2H3. The van der Waals surface area contributed by atoms with Crippen molar-refractivity contribution in [3.8, 4) is 0 Å². The van der Waals surface area contributed by atoms with Gasteiger partial charge in [-0.3, -0.25) is 9.59 Å². The molecular weight excluding hydrogens is 640 g/mol. The van der Waals surface area contributed by atoms with E-state index < -0.39 is 0 Å². The highest BCUT2D eigenvalue weighted by Crippen LogP contribution is 2.47. The molecule has 51 heavy (non-hydrogen) atoms. The molecule has 0 bridgehead atoms. The van der Waals surface area contributed by atoms with Gasteiger partial charge in [-0.1, -0.05) is 142 Å². The van der Waals surface area contributed by atoms with Crippen LogP contribution in [-0.4, -0.2) is 61.8 Å². The normalized spacial score (nSPS) is 27.6. The molecule has 7 heteroatoms. The minimum Gasteiger partial charge on any atom is -0.465 e. The first-order valence-electron chi connectivity index (χ1n) is 22.3. The Morgan fingerprint density at radius 3 is 1.25 bits per heavy atom. The van der Waals surface area contributed by atoms with Gasteiger partial charge in [-0.2, -0.15) is 0 Å². The molecular formula is C44H78O7. The van der Waals surface area contributed by atoms with E-state index in [9.17, 15) is 9.59 Å². The number of unbranched alkanes of at least 4 members (excludes halogenated alkanes) is 18. The van der Waals surface area contributed by atoms with E-state index in [0.29, 0.717) is 56.6 Å². The van der Waals surface area contributed by atoms with Crippen LogP contribution in [0.15, 0.2) is 0 Å². The summed E-state index contributed by atoms with van der Waals surface area (Å²) in [6.45, 7) is 5.20. The second-order valence-corrected chi connectivity index (χ2v) is 16.9. The Kier molecular flexibility index (Phi) is 20.9. The average Bonchev–Trinajstić information content (AvgIpc) is 4.05. The molecule has 0 aromatic carbocycles. The molecule has 0 aromatic heterocycles. The largest absolute Gasteiger partial charge is 0.465 e. The number of epoxide rings is 3. The summed E-state index contributed by atoms with van der Waals surface area (Å²) in [6.07, 6.45) is 38.5. The van der Waals surface area contributed by atoms with Crippen molar-refractivity contribution in [1.29, 1.82) is 0 Å². The monoisotopic (exact) mass is 719 g/mol. The topological polar surface area (TPSA) is 90.2 Å². The van der Waals surface area contributed by atoms with Crippen LogP contribution in [0.4, 0.5) is 0 Å². The molecule has 296 valence electrons. The number of esters is 2. The van der Waals surface area contributed by atoms with Crippen LogP contribution in [0.25, 0.3) is 0 Å². The lowest BCUT2D eigenvalue weighted by Gasteiger charge is -2.34. The number of ether oxygens (including phenoxy) is 5. The van der Waals surface area contributed by atoms with Gasteiger partial charge in [-0.15, -0.1) is 0 Å². The Hall–Kier alpha value is -1.18. The summed E-state index contributed by atoms with van der Waals surface area (Å²) >= 11 is 0. The Balaban J connectivity index is 0.945. The van der Waals surface area contributed by atoms with Crippen molar-refractivity contribution in [3.05, 3.63) is 0 Å². The van der Waals surface area contributed by atoms with Gasteiger partial charge >= 0.3 is 11.9 Å². The zero-order chi connectivity index (χ0) is 36.0. The van der Waals surface area contributed by atoms with Crippen LogP contribution in [0.1, 0.15) is 213 Å². The van der Waals surface area contributed by atoms with Crippen molar-refractivity contribution in [2.45, 2.75) is 250 Å². The summed E-state index contributed by atoms with van der Waals surface area (Å²) < 4.78 is 29.2. The van der Waals surface area contributed by atoms with Crippen LogP contribution >= 0.6 is 0 Å². The fraction of sp³-hybridized carbons (Fsp3) is 0.955. The van der Waals surface area contributed by atoms with Gasteiger partial charge < -0.3 is 23.7 Å². The minimum absolute atomic E-state index is 0.120. The third-order valence-electron chi connectivity index (χ3n) is 12.2. The summed E-state index contributed by atoms with van der Waals surface area (Å²) in [6, 6.07) is 0. The molecule has 1 aliphatic carbocycles. The molecule has 0 spiro atoms. The molecule has 0 aromatic rings. The van der Waals surface area contributed by atoms with Crippen molar-refractivity contribution < 1.29 is 33.3 Å². The zero-order valence-electron chi connectivity index (χ0n) is 33.2. The van der Waals surface area contributed by atoms with Crippen LogP contribution in [0.3, 0.4) is 0 Å². The van der Waals surface area contributed by atoms with Crippen LogP contribution in [0.5, 0.6) is 0 Å². The van der Waals surface area contributed by atoms with E-state index in [1.165, 1.54) is 128 Å². The van der Waals surface area contributed by atoms with E-state index in [1.807, 2.05) is 0 Å². The molecule has 7 nitrogen and oxygen atoms in total. The molecule has 4 fully saturated rings. The van der Waals surface area contributed by atoms with Crippen molar-refractivity contribution >= 4 is 11.9 Å². The summed E-state index contributed by atoms with van der Waals surface area (Å²) in [7, 11) is 0. The van der Waals surface area contributed by atoms with E-state index in [2.05, 4.69) is 13.8 Å². The molecule has 3 heterocycles. The lowest BCUT2D eigenvalue weighted by Crippen LogP contribution is -2.38. The van der Waals surface area contributed by atoms with Crippen molar-refractivity contribution in [1.82, 2.24) is 0 Å². The predicted octanol–water partition coefficient (Wildman–Crippen LogP) is 11.5. The second-order valence-electron chi connectivity index (χ2n) is 16.9. The number of rotatable bonds is 34. The summed E-state index contributed by atoms with van der Waals surface area (Å²) in [5.74, 6) is -0.241. The van der Waals surface area contributed by atoms with Gasteiger partial charge in [0.15, 0.2) is 0 Å². The molecule has 0 radical (unpaired) electrons. The third-order valence-corrected chi connectivity index (χ3v) is 12.2. The van der Waals surface area contributed by atoms with Gasteiger partial charge in [0, 0.05) is 18.3 Å². The SMILES string of the molecule is CCCCCCCCC1OC1CCCCCCCC(=O)OCC1(COC(=O)CCCCCCCC2OC2CCCCCCCC)CCC2OC2C1. The molecule has 4 aliphatic rings. The number of hydrogen-bond acceptors (Lipinski definition) is 7. The first kappa shape index (κ1) is 42.6. The van der Waals surface area contributed by atoms with E-state index in [4.69, 9.17) is 23.7 Å². The Labute approximate surface area is 312 Å². The third kappa shape index (κ3) is 18.6. The molecule has 4 rings (SSSR count). The quantitative estimate of drug-likeness (QED) is 0.0371. The fourth-order valence-electron chi connectivity index (χ4n) is 8.42. The summed E-state index contributed by atoms with van der Waals surface area (Å²) in [4.78, 5) is 25.3. The molecule has 0 amide bonds. The first-order valence-corrected chi connectivity index (χ1v) is 22.3. The van der Waals surface area contributed by atoms with Crippen LogP contribution in [0, 0.1) is 5.41 Å². The molecule has 6 atom stereocenters. The van der Waals surface area contributed by atoms with Gasteiger partial charge in [0.1, 0.15) is 13.2 Å². The Morgan fingerprint density at radius 1 is 0.490 bits per heavy atom.